The molecule has 2 aromatic carbocycles. The van der Waals surface area contributed by atoms with Gasteiger partial charge >= 0.3 is 0 Å². The van der Waals surface area contributed by atoms with Gasteiger partial charge in [0.1, 0.15) is 5.75 Å². The lowest BCUT2D eigenvalue weighted by Gasteiger charge is -2.10. The summed E-state index contributed by atoms with van der Waals surface area (Å²) >= 11 is 0. The number of hydrazine groups is 1. The molecule has 0 fully saturated rings. The fourth-order valence-electron chi connectivity index (χ4n) is 2.34. The first-order chi connectivity index (χ1) is 13.3. The molecule has 2 amide bonds. The third-order valence-electron chi connectivity index (χ3n) is 3.80. The van der Waals surface area contributed by atoms with Crippen molar-refractivity contribution in [3.63, 3.8) is 0 Å². The lowest BCUT2D eigenvalue weighted by atomic mass is 10.1. The number of nitrogens with one attached hydrogen (secondary N) is 3. The molecule has 0 saturated carbocycles. The van der Waals surface area contributed by atoms with Gasteiger partial charge in [0.15, 0.2) is 0 Å². The van der Waals surface area contributed by atoms with Crippen molar-refractivity contribution in [3.8, 4) is 5.75 Å². The number of carbonyl (C=O) groups is 2. The zero-order chi connectivity index (χ0) is 20.6. The van der Waals surface area contributed by atoms with Gasteiger partial charge in [-0.25, -0.2) is 8.42 Å². The van der Waals surface area contributed by atoms with Crippen LogP contribution < -0.4 is 20.3 Å². The van der Waals surface area contributed by atoms with Crippen LogP contribution in [-0.4, -0.2) is 33.4 Å². The summed E-state index contributed by atoms with van der Waals surface area (Å²) in [5.41, 5.74) is 3.48. The molecule has 0 radical (unpaired) electrons. The molecule has 0 unspecified atom stereocenters. The van der Waals surface area contributed by atoms with Gasteiger partial charge < -0.3 is 10.1 Å². The van der Waals surface area contributed by atoms with E-state index in [4.69, 9.17) is 4.74 Å². The number of benzene rings is 2. The van der Waals surface area contributed by atoms with Gasteiger partial charge in [-0.05, 0) is 49.7 Å². The molecule has 0 bridgehead atoms. The zero-order valence-corrected chi connectivity index (χ0v) is 16.5. The predicted octanol–water partition coefficient (Wildman–Crippen LogP) is 1.52. The molecule has 0 saturated heterocycles. The van der Waals surface area contributed by atoms with E-state index in [0.717, 1.165) is 5.56 Å². The second-order valence-corrected chi connectivity index (χ2v) is 7.56. The molecule has 0 aliphatic heterocycles. The minimum absolute atomic E-state index is 0.0101. The number of amides is 2. The lowest BCUT2D eigenvalue weighted by molar-refractivity contribution is -0.121. The SMILES string of the molecule is CCOc1ccc(S(=O)(=O)NNC(=O)CCNC(=O)c2ccccc2C)cc1. The summed E-state index contributed by atoms with van der Waals surface area (Å²) in [7, 11) is -3.90. The van der Waals surface area contributed by atoms with Gasteiger partial charge in [0.25, 0.3) is 15.9 Å². The number of ether oxygens (including phenoxy) is 1. The van der Waals surface area contributed by atoms with E-state index in [1.807, 2.05) is 30.8 Å². The summed E-state index contributed by atoms with van der Waals surface area (Å²) in [5, 5.41) is 2.63. The first-order valence-electron chi connectivity index (χ1n) is 8.71. The van der Waals surface area contributed by atoms with Crippen molar-refractivity contribution in [2.75, 3.05) is 13.2 Å². The van der Waals surface area contributed by atoms with Crippen LogP contribution in [0.5, 0.6) is 5.75 Å². The van der Waals surface area contributed by atoms with Crippen molar-refractivity contribution in [2.45, 2.75) is 25.2 Å². The van der Waals surface area contributed by atoms with Crippen molar-refractivity contribution < 1.29 is 22.7 Å². The number of sulfonamides is 1. The number of carbonyl (C=O) groups excluding carboxylic acids is 2. The molecule has 150 valence electrons. The van der Waals surface area contributed by atoms with Crippen LogP contribution in [0.4, 0.5) is 0 Å². The number of aryl methyl sites for hydroxylation is 1. The molecule has 0 atom stereocenters. The fourth-order valence-corrected chi connectivity index (χ4v) is 3.20. The van der Waals surface area contributed by atoms with Gasteiger partial charge in [-0.1, -0.05) is 18.2 Å². The average Bonchev–Trinajstić information content (AvgIpc) is 2.67. The summed E-state index contributed by atoms with van der Waals surface area (Å²) < 4.78 is 29.6. The third kappa shape index (κ3) is 6.07. The van der Waals surface area contributed by atoms with E-state index in [-0.39, 0.29) is 23.8 Å². The zero-order valence-electron chi connectivity index (χ0n) is 15.7. The Morgan fingerprint density at radius 1 is 1.04 bits per heavy atom. The van der Waals surface area contributed by atoms with Crippen LogP contribution >= 0.6 is 0 Å². The van der Waals surface area contributed by atoms with E-state index in [0.29, 0.717) is 17.9 Å². The third-order valence-corrected chi connectivity index (χ3v) is 5.06. The molecule has 8 nitrogen and oxygen atoms in total. The Hall–Kier alpha value is -2.91. The highest BCUT2D eigenvalue weighted by Crippen LogP contribution is 2.15. The highest BCUT2D eigenvalue weighted by molar-refractivity contribution is 7.89. The first kappa shape index (κ1) is 21.4. The average molecular weight is 405 g/mol. The Bertz CT molecular complexity index is 927. The Morgan fingerprint density at radius 3 is 2.36 bits per heavy atom. The second kappa shape index (κ2) is 9.86. The maximum absolute atomic E-state index is 12.2. The Kier molecular flexibility index (Phi) is 7.53. The van der Waals surface area contributed by atoms with E-state index in [1.165, 1.54) is 24.3 Å². The number of hydrogen-bond acceptors (Lipinski definition) is 5. The fraction of sp³-hybridized carbons (Fsp3) is 0.263. The summed E-state index contributed by atoms with van der Waals surface area (Å²) in [4.78, 5) is 25.9. The predicted molar refractivity (Wildman–Crippen MR) is 104 cm³/mol. The van der Waals surface area contributed by atoms with Crippen LogP contribution in [0.3, 0.4) is 0 Å². The van der Waals surface area contributed by atoms with Crippen molar-refractivity contribution in [3.05, 3.63) is 59.7 Å². The normalized spacial score (nSPS) is 10.9. The number of hydrogen-bond donors (Lipinski definition) is 3. The smallest absolute Gasteiger partial charge is 0.257 e. The molecule has 9 heteroatoms. The summed E-state index contributed by atoms with van der Waals surface area (Å²) in [6.45, 7) is 4.19. The van der Waals surface area contributed by atoms with E-state index in [2.05, 4.69) is 10.7 Å². The number of rotatable bonds is 9. The molecular formula is C19H23N3O5S. The van der Waals surface area contributed by atoms with Crippen LogP contribution in [0.1, 0.15) is 29.3 Å². The van der Waals surface area contributed by atoms with Gasteiger partial charge in [-0.2, -0.15) is 0 Å². The van der Waals surface area contributed by atoms with Crippen LogP contribution in [0.15, 0.2) is 53.4 Å². The van der Waals surface area contributed by atoms with E-state index in [9.17, 15) is 18.0 Å². The van der Waals surface area contributed by atoms with Crippen molar-refractivity contribution in [1.82, 2.24) is 15.6 Å². The molecular weight excluding hydrogens is 382 g/mol. The van der Waals surface area contributed by atoms with Gasteiger partial charge in [0, 0.05) is 18.5 Å². The highest BCUT2D eigenvalue weighted by Gasteiger charge is 2.15. The Balaban J connectivity index is 1.80. The molecule has 0 heterocycles. The van der Waals surface area contributed by atoms with E-state index in [1.54, 1.807) is 12.1 Å². The monoisotopic (exact) mass is 405 g/mol. The molecule has 0 aliphatic carbocycles. The molecule has 0 spiro atoms. The molecule has 0 aliphatic rings. The van der Waals surface area contributed by atoms with Crippen LogP contribution in [0.2, 0.25) is 0 Å². The van der Waals surface area contributed by atoms with Crippen molar-refractivity contribution in [1.29, 1.82) is 0 Å². The van der Waals surface area contributed by atoms with Gasteiger partial charge in [-0.15, -0.1) is 4.83 Å². The first-order valence-corrected chi connectivity index (χ1v) is 10.2. The molecule has 0 aromatic heterocycles. The van der Waals surface area contributed by atoms with E-state index >= 15 is 0 Å². The minimum Gasteiger partial charge on any atom is -0.494 e. The van der Waals surface area contributed by atoms with E-state index < -0.39 is 15.9 Å². The van der Waals surface area contributed by atoms with Crippen LogP contribution in [0.25, 0.3) is 0 Å². The van der Waals surface area contributed by atoms with Gasteiger partial charge in [0.2, 0.25) is 5.91 Å². The standard InChI is InChI=1S/C19H23N3O5S/c1-3-27-15-8-10-16(11-9-15)28(25,26)22-21-18(23)12-13-20-19(24)17-7-5-4-6-14(17)2/h4-11,22H,3,12-13H2,1-2H3,(H,20,24)(H,21,23). The largest absolute Gasteiger partial charge is 0.494 e. The lowest BCUT2D eigenvalue weighted by Crippen LogP contribution is -2.42. The second-order valence-electron chi connectivity index (χ2n) is 5.88. The maximum atomic E-state index is 12.2. The van der Waals surface area contributed by atoms with Crippen molar-refractivity contribution in [2.24, 2.45) is 0 Å². The Morgan fingerprint density at radius 2 is 1.71 bits per heavy atom. The minimum atomic E-state index is -3.90. The van der Waals surface area contributed by atoms with Crippen molar-refractivity contribution >= 4 is 21.8 Å². The van der Waals surface area contributed by atoms with Gasteiger partial charge in [-0.3, -0.25) is 15.0 Å². The molecule has 2 aromatic rings. The van der Waals surface area contributed by atoms with Crippen LogP contribution in [-0.2, 0) is 14.8 Å². The summed E-state index contributed by atoms with van der Waals surface area (Å²) in [5.74, 6) is -0.310. The quantitative estimate of drug-likeness (QED) is 0.548. The maximum Gasteiger partial charge on any atom is 0.257 e. The molecule has 3 N–H and O–H groups in total. The molecule has 28 heavy (non-hydrogen) atoms. The highest BCUT2D eigenvalue weighted by atomic mass is 32.2. The molecule has 2 rings (SSSR count). The summed E-state index contributed by atoms with van der Waals surface area (Å²) in [6.07, 6.45) is -0.0799. The topological polar surface area (TPSA) is 114 Å². The Labute approximate surface area is 164 Å². The summed E-state index contributed by atoms with van der Waals surface area (Å²) in [6, 6.07) is 12.9. The van der Waals surface area contributed by atoms with Gasteiger partial charge in [0.05, 0.1) is 11.5 Å². The van der Waals surface area contributed by atoms with Crippen LogP contribution in [0, 0.1) is 6.92 Å².